The number of amides is 1. The smallest absolute Gasteiger partial charge is 0.369 e. The second-order valence-electron chi connectivity index (χ2n) is 10.9. The number of likely N-dealkylation sites (N-methyl/N-ethyl adjacent to an activating group) is 2. The van der Waals surface area contributed by atoms with Gasteiger partial charge in [0.2, 0.25) is 5.91 Å². The number of aryl methyl sites for hydroxylation is 1. The SMILES string of the molecule is Cc1ccc(-c2ncccc2N(C)C(=O)C(C)(C)c2cc(C(F)(F)F)cc(C(F)(F)F)c2)cc1N1CCN(C)CC1. The van der Waals surface area contributed by atoms with Crippen molar-refractivity contribution in [1.82, 2.24) is 9.88 Å². The van der Waals surface area contributed by atoms with Crippen molar-refractivity contribution in [3.05, 3.63) is 77.0 Å². The van der Waals surface area contributed by atoms with E-state index in [0.29, 0.717) is 23.5 Å². The number of hydrogen-bond donors (Lipinski definition) is 0. The van der Waals surface area contributed by atoms with Crippen LogP contribution >= 0.6 is 0 Å². The zero-order valence-corrected chi connectivity index (χ0v) is 23.5. The van der Waals surface area contributed by atoms with Crippen LogP contribution in [0.15, 0.2) is 54.7 Å². The summed E-state index contributed by atoms with van der Waals surface area (Å²) in [5.74, 6) is -0.689. The summed E-state index contributed by atoms with van der Waals surface area (Å²) in [5.41, 5.74) is -1.38. The molecule has 1 aliphatic heterocycles. The van der Waals surface area contributed by atoms with Crippen molar-refractivity contribution in [2.75, 3.05) is 50.1 Å². The molecule has 0 aliphatic carbocycles. The van der Waals surface area contributed by atoms with Crippen LogP contribution in [-0.4, -0.2) is 56.1 Å². The minimum Gasteiger partial charge on any atom is -0.369 e. The maximum absolute atomic E-state index is 13.8. The van der Waals surface area contributed by atoms with Crippen molar-refractivity contribution in [3.63, 3.8) is 0 Å². The van der Waals surface area contributed by atoms with Crippen LogP contribution in [0.3, 0.4) is 0 Å². The van der Waals surface area contributed by atoms with Crippen LogP contribution in [0.4, 0.5) is 37.7 Å². The van der Waals surface area contributed by atoms with Crippen LogP contribution in [-0.2, 0) is 22.6 Å². The molecule has 1 saturated heterocycles. The Labute approximate surface area is 235 Å². The highest BCUT2D eigenvalue weighted by atomic mass is 19.4. The molecule has 0 spiro atoms. The van der Waals surface area contributed by atoms with Gasteiger partial charge in [0.1, 0.15) is 0 Å². The van der Waals surface area contributed by atoms with E-state index in [1.54, 1.807) is 18.3 Å². The van der Waals surface area contributed by atoms with Crippen molar-refractivity contribution in [2.24, 2.45) is 0 Å². The van der Waals surface area contributed by atoms with Gasteiger partial charge in [-0.2, -0.15) is 26.3 Å². The Bertz CT molecular complexity index is 1390. The maximum Gasteiger partial charge on any atom is 0.416 e. The van der Waals surface area contributed by atoms with Gasteiger partial charge in [-0.15, -0.1) is 0 Å². The summed E-state index contributed by atoms with van der Waals surface area (Å²) in [4.78, 5) is 24.1. The van der Waals surface area contributed by atoms with E-state index in [9.17, 15) is 31.1 Å². The molecule has 0 saturated carbocycles. The summed E-state index contributed by atoms with van der Waals surface area (Å²) in [7, 11) is 3.51. The fourth-order valence-electron chi connectivity index (χ4n) is 5.00. The standard InChI is InChI=1S/C30H32F6N4O/c1-19-8-9-20(15-25(19)40-13-11-38(4)12-14-40)26-24(7-6-10-37-26)39(5)27(41)28(2,3)21-16-22(29(31,32)33)18-23(17-21)30(34,35)36/h6-10,15-18H,11-14H2,1-5H3. The van der Waals surface area contributed by atoms with E-state index >= 15 is 0 Å². The number of hydrogen-bond acceptors (Lipinski definition) is 4. The third kappa shape index (κ3) is 6.34. The molecule has 2 heterocycles. The number of nitrogens with zero attached hydrogens (tertiary/aromatic N) is 4. The summed E-state index contributed by atoms with van der Waals surface area (Å²) >= 11 is 0. The topological polar surface area (TPSA) is 39.7 Å². The summed E-state index contributed by atoms with van der Waals surface area (Å²) < 4.78 is 81.2. The summed E-state index contributed by atoms with van der Waals surface area (Å²) in [5, 5.41) is 0. The van der Waals surface area contributed by atoms with Gasteiger partial charge in [-0.3, -0.25) is 9.78 Å². The van der Waals surface area contributed by atoms with Crippen LogP contribution in [0, 0.1) is 6.92 Å². The van der Waals surface area contributed by atoms with Gasteiger partial charge in [-0.1, -0.05) is 12.1 Å². The molecule has 1 amide bonds. The zero-order chi connectivity index (χ0) is 30.3. The van der Waals surface area contributed by atoms with Crippen molar-refractivity contribution < 1.29 is 31.1 Å². The predicted octanol–water partition coefficient (Wildman–Crippen LogP) is 6.79. The maximum atomic E-state index is 13.8. The molecular formula is C30H32F6N4O. The van der Waals surface area contributed by atoms with Crippen molar-refractivity contribution in [1.29, 1.82) is 0 Å². The van der Waals surface area contributed by atoms with E-state index < -0.39 is 40.4 Å². The number of carbonyl (C=O) groups excluding carboxylic acids is 1. The summed E-state index contributed by atoms with van der Waals surface area (Å²) in [6, 6.07) is 10.4. The average Bonchev–Trinajstić information content (AvgIpc) is 2.92. The highest BCUT2D eigenvalue weighted by molar-refractivity contribution is 6.02. The summed E-state index contributed by atoms with van der Waals surface area (Å²) in [6.07, 6.45) is -8.48. The first-order valence-corrected chi connectivity index (χ1v) is 13.1. The lowest BCUT2D eigenvalue weighted by atomic mass is 9.81. The Kier molecular flexibility index (Phi) is 8.14. The first-order valence-electron chi connectivity index (χ1n) is 13.1. The molecule has 220 valence electrons. The number of carbonyl (C=O) groups is 1. The molecule has 0 radical (unpaired) electrons. The van der Waals surface area contributed by atoms with E-state index in [0.717, 1.165) is 43.0 Å². The number of rotatable bonds is 5. The average molecular weight is 579 g/mol. The van der Waals surface area contributed by atoms with Gasteiger partial charge in [0.15, 0.2) is 0 Å². The highest BCUT2D eigenvalue weighted by Crippen LogP contribution is 2.40. The molecule has 5 nitrogen and oxygen atoms in total. The van der Waals surface area contributed by atoms with Crippen LogP contribution in [0.2, 0.25) is 0 Å². The minimum absolute atomic E-state index is 0.0579. The number of aromatic nitrogens is 1. The third-order valence-electron chi connectivity index (χ3n) is 7.62. The number of pyridine rings is 1. The number of alkyl halides is 6. The lowest BCUT2D eigenvalue weighted by molar-refractivity contribution is -0.143. The Morgan fingerprint density at radius 3 is 1.98 bits per heavy atom. The van der Waals surface area contributed by atoms with Crippen LogP contribution < -0.4 is 9.80 Å². The monoisotopic (exact) mass is 578 g/mol. The van der Waals surface area contributed by atoms with Crippen LogP contribution in [0.5, 0.6) is 0 Å². The van der Waals surface area contributed by atoms with Gasteiger partial charge in [-0.25, -0.2) is 0 Å². The fraction of sp³-hybridized carbons (Fsp3) is 0.400. The Hall–Kier alpha value is -3.60. The molecule has 0 unspecified atom stereocenters. The second kappa shape index (κ2) is 11.0. The van der Waals surface area contributed by atoms with E-state index in [4.69, 9.17) is 0 Å². The highest BCUT2D eigenvalue weighted by Gasteiger charge is 2.41. The molecule has 1 fully saturated rings. The Balaban J connectivity index is 1.73. The minimum atomic E-state index is -5.02. The largest absolute Gasteiger partial charge is 0.416 e. The number of piperazine rings is 1. The molecule has 1 aromatic heterocycles. The second-order valence-corrected chi connectivity index (χ2v) is 10.9. The number of halogens is 6. The Morgan fingerprint density at radius 2 is 1.41 bits per heavy atom. The third-order valence-corrected chi connectivity index (χ3v) is 7.62. The van der Waals surface area contributed by atoms with Crippen molar-refractivity contribution in [3.8, 4) is 11.3 Å². The molecule has 1 aliphatic rings. The van der Waals surface area contributed by atoms with Gasteiger partial charge >= 0.3 is 12.4 Å². The van der Waals surface area contributed by atoms with Gasteiger partial charge in [-0.05, 0) is 75.3 Å². The first-order chi connectivity index (χ1) is 19.0. The van der Waals surface area contributed by atoms with E-state index in [1.807, 2.05) is 25.1 Å². The molecule has 4 rings (SSSR count). The van der Waals surface area contributed by atoms with Crippen LogP contribution in [0.1, 0.15) is 36.1 Å². The van der Waals surface area contributed by atoms with Gasteiger partial charge < -0.3 is 14.7 Å². The molecular weight excluding hydrogens is 546 g/mol. The zero-order valence-electron chi connectivity index (χ0n) is 23.5. The van der Waals surface area contributed by atoms with Gasteiger partial charge in [0.25, 0.3) is 0 Å². The molecule has 0 bridgehead atoms. The molecule has 41 heavy (non-hydrogen) atoms. The quantitative estimate of drug-likeness (QED) is 0.313. The van der Waals surface area contributed by atoms with Gasteiger partial charge in [0, 0.05) is 50.7 Å². The first kappa shape index (κ1) is 30.4. The van der Waals surface area contributed by atoms with Crippen molar-refractivity contribution >= 4 is 17.3 Å². The van der Waals surface area contributed by atoms with Crippen molar-refractivity contribution in [2.45, 2.75) is 38.5 Å². The Morgan fingerprint density at radius 1 is 0.854 bits per heavy atom. The van der Waals surface area contributed by atoms with E-state index in [-0.39, 0.29) is 6.07 Å². The fourth-order valence-corrected chi connectivity index (χ4v) is 5.00. The molecule has 3 aromatic rings. The normalized spacial score (nSPS) is 15.2. The lowest BCUT2D eigenvalue weighted by Gasteiger charge is -2.35. The number of benzene rings is 2. The molecule has 2 aromatic carbocycles. The van der Waals surface area contributed by atoms with Gasteiger partial charge in [0.05, 0.1) is 27.9 Å². The molecule has 0 N–H and O–H groups in total. The summed E-state index contributed by atoms with van der Waals surface area (Å²) in [6.45, 7) is 8.16. The van der Waals surface area contributed by atoms with E-state index in [1.165, 1.54) is 25.8 Å². The van der Waals surface area contributed by atoms with Crippen LogP contribution in [0.25, 0.3) is 11.3 Å². The lowest BCUT2D eigenvalue weighted by Crippen LogP contribution is -2.44. The molecule has 0 atom stereocenters. The predicted molar refractivity (Wildman–Crippen MR) is 147 cm³/mol. The number of anilines is 2. The molecule has 11 heteroatoms. The van der Waals surface area contributed by atoms with E-state index in [2.05, 4.69) is 21.8 Å².